The number of hydrogen-bond donors (Lipinski definition) is 4. The van der Waals surface area contributed by atoms with E-state index < -0.39 is 29.9 Å². The van der Waals surface area contributed by atoms with Crippen molar-refractivity contribution in [1.29, 1.82) is 0 Å². The van der Waals surface area contributed by atoms with Crippen molar-refractivity contribution in [2.75, 3.05) is 0 Å². The van der Waals surface area contributed by atoms with Crippen molar-refractivity contribution < 1.29 is 19.5 Å². The number of amides is 2. The molecular formula is C10H19N3O4. The summed E-state index contributed by atoms with van der Waals surface area (Å²) in [7, 11) is 0. The van der Waals surface area contributed by atoms with Gasteiger partial charge in [-0.25, -0.2) is 4.79 Å². The summed E-state index contributed by atoms with van der Waals surface area (Å²) in [6.45, 7) is 3.68. The minimum absolute atomic E-state index is 0.115. The Morgan fingerprint density at radius 2 is 1.82 bits per heavy atom. The first-order chi connectivity index (χ1) is 7.73. The van der Waals surface area contributed by atoms with Crippen LogP contribution in [0.15, 0.2) is 0 Å². The second-order valence-electron chi connectivity index (χ2n) is 4.31. The molecule has 0 aromatic carbocycles. The van der Waals surface area contributed by atoms with Gasteiger partial charge in [-0.1, -0.05) is 13.8 Å². The number of primary amides is 1. The van der Waals surface area contributed by atoms with Crippen molar-refractivity contribution in [3.63, 3.8) is 0 Å². The molecule has 0 spiro atoms. The van der Waals surface area contributed by atoms with Crippen LogP contribution < -0.4 is 16.8 Å². The molecule has 7 nitrogen and oxygen atoms in total. The minimum atomic E-state index is -1.13. The lowest BCUT2D eigenvalue weighted by Gasteiger charge is -2.18. The fourth-order valence-electron chi connectivity index (χ4n) is 1.28. The molecule has 0 heterocycles. The van der Waals surface area contributed by atoms with Gasteiger partial charge in [-0.3, -0.25) is 9.59 Å². The largest absolute Gasteiger partial charge is 0.480 e. The number of nitrogens with one attached hydrogen (secondary N) is 1. The summed E-state index contributed by atoms with van der Waals surface area (Å²) in [4.78, 5) is 32.9. The Kier molecular flexibility index (Phi) is 6.19. The Hall–Kier alpha value is -1.63. The third-order valence-electron chi connectivity index (χ3n) is 2.08. The summed E-state index contributed by atoms with van der Waals surface area (Å²) in [5.41, 5.74) is 10.3. The molecule has 0 aliphatic rings. The van der Waals surface area contributed by atoms with Crippen LogP contribution in [0.2, 0.25) is 0 Å². The van der Waals surface area contributed by atoms with Gasteiger partial charge < -0.3 is 21.9 Å². The first kappa shape index (κ1) is 15.4. The molecule has 0 saturated heterocycles. The van der Waals surface area contributed by atoms with Gasteiger partial charge in [0, 0.05) is 0 Å². The van der Waals surface area contributed by atoms with E-state index in [0.717, 1.165) is 0 Å². The molecule has 6 N–H and O–H groups in total. The number of aliphatic carboxylic acids is 1. The maximum atomic E-state index is 11.5. The summed E-state index contributed by atoms with van der Waals surface area (Å²) in [6.07, 6.45) is -0.00971. The van der Waals surface area contributed by atoms with E-state index in [2.05, 4.69) is 5.32 Å². The Bertz CT molecular complexity index is 304. The molecule has 0 aliphatic carbocycles. The molecular weight excluding hydrogens is 226 g/mol. The highest BCUT2D eigenvalue weighted by atomic mass is 16.4. The average Bonchev–Trinajstić information content (AvgIpc) is 2.14. The quantitative estimate of drug-likeness (QED) is 0.447. The normalized spacial score (nSPS) is 14.1. The lowest BCUT2D eigenvalue weighted by atomic mass is 10.0. The number of carbonyl (C=O) groups excluding carboxylic acids is 2. The zero-order valence-corrected chi connectivity index (χ0v) is 9.97. The first-order valence-corrected chi connectivity index (χ1v) is 5.31. The predicted molar refractivity (Wildman–Crippen MR) is 60.8 cm³/mol. The van der Waals surface area contributed by atoms with Gasteiger partial charge in [0.1, 0.15) is 6.04 Å². The lowest BCUT2D eigenvalue weighted by molar-refractivity contribution is -0.142. The van der Waals surface area contributed by atoms with Gasteiger partial charge in [0.15, 0.2) is 0 Å². The minimum Gasteiger partial charge on any atom is -0.480 e. The molecule has 2 amide bonds. The van der Waals surface area contributed by atoms with Gasteiger partial charge in [0.25, 0.3) is 0 Å². The number of carbonyl (C=O) groups is 3. The van der Waals surface area contributed by atoms with E-state index in [1.54, 1.807) is 0 Å². The monoisotopic (exact) mass is 245 g/mol. The molecule has 1 unspecified atom stereocenters. The maximum absolute atomic E-state index is 11.5. The highest BCUT2D eigenvalue weighted by molar-refractivity contribution is 5.90. The Morgan fingerprint density at radius 3 is 2.18 bits per heavy atom. The molecule has 98 valence electrons. The van der Waals surface area contributed by atoms with Crippen LogP contribution in [-0.2, 0) is 14.4 Å². The van der Waals surface area contributed by atoms with Gasteiger partial charge in [0.2, 0.25) is 11.8 Å². The van der Waals surface area contributed by atoms with Crippen LogP contribution in [0.3, 0.4) is 0 Å². The molecule has 0 bridgehead atoms. The summed E-state index contributed by atoms with van der Waals surface area (Å²) in [6, 6.07) is -2.11. The molecule has 0 rings (SSSR count). The molecule has 0 radical (unpaired) electrons. The number of hydrogen-bond acceptors (Lipinski definition) is 4. The molecule has 0 aromatic heterocycles. The van der Waals surface area contributed by atoms with Crippen molar-refractivity contribution >= 4 is 17.8 Å². The van der Waals surface area contributed by atoms with Gasteiger partial charge in [-0.2, -0.15) is 0 Å². The van der Waals surface area contributed by atoms with Crippen molar-refractivity contribution in [1.82, 2.24) is 5.32 Å². The third-order valence-corrected chi connectivity index (χ3v) is 2.08. The molecule has 7 heteroatoms. The standard InChI is InChI=1S/C10H19N3O4/c1-5(2)3-7(10(16)17)13-9(15)6(11)4-8(12)14/h5-7H,3-4,11H2,1-2H3,(H2,12,14)(H,13,15)(H,16,17)/t6?,7-/m0/s1. The smallest absolute Gasteiger partial charge is 0.326 e. The average molecular weight is 245 g/mol. The van der Waals surface area contributed by atoms with Gasteiger partial charge in [-0.15, -0.1) is 0 Å². The molecule has 0 aliphatic heterocycles. The summed E-state index contributed by atoms with van der Waals surface area (Å²) < 4.78 is 0. The fourth-order valence-corrected chi connectivity index (χ4v) is 1.28. The molecule has 0 saturated carbocycles. The zero-order chi connectivity index (χ0) is 13.6. The number of carboxylic acids is 1. The fraction of sp³-hybridized carbons (Fsp3) is 0.700. The van der Waals surface area contributed by atoms with Gasteiger partial charge in [0.05, 0.1) is 12.5 Å². The zero-order valence-electron chi connectivity index (χ0n) is 9.97. The molecule has 0 fully saturated rings. The van der Waals surface area contributed by atoms with Crippen molar-refractivity contribution in [2.45, 2.75) is 38.8 Å². The highest BCUT2D eigenvalue weighted by Crippen LogP contribution is 2.05. The number of rotatable bonds is 7. The van der Waals surface area contributed by atoms with Crippen LogP contribution in [0.25, 0.3) is 0 Å². The van der Waals surface area contributed by atoms with Crippen LogP contribution in [0.5, 0.6) is 0 Å². The molecule has 0 aromatic rings. The number of nitrogens with two attached hydrogens (primary N) is 2. The van der Waals surface area contributed by atoms with Crippen LogP contribution in [0.1, 0.15) is 26.7 Å². The summed E-state index contributed by atoms with van der Waals surface area (Å²) >= 11 is 0. The van der Waals surface area contributed by atoms with E-state index >= 15 is 0 Å². The SMILES string of the molecule is CC(C)C[C@H](NC(=O)C(N)CC(N)=O)C(=O)O. The second-order valence-corrected chi connectivity index (χ2v) is 4.31. The van der Waals surface area contributed by atoms with Crippen LogP contribution in [-0.4, -0.2) is 35.0 Å². The Balaban J connectivity index is 4.39. The van der Waals surface area contributed by atoms with E-state index in [0.29, 0.717) is 6.42 Å². The van der Waals surface area contributed by atoms with Crippen molar-refractivity contribution in [2.24, 2.45) is 17.4 Å². The van der Waals surface area contributed by atoms with Crippen molar-refractivity contribution in [3.05, 3.63) is 0 Å². The van der Waals surface area contributed by atoms with E-state index in [-0.39, 0.29) is 12.3 Å². The summed E-state index contributed by atoms with van der Waals surface area (Å²) in [5, 5.41) is 11.2. The maximum Gasteiger partial charge on any atom is 0.326 e. The topological polar surface area (TPSA) is 136 Å². The predicted octanol–water partition coefficient (Wildman–Crippen LogP) is -1.20. The Labute approximate surface area is 99.5 Å². The van der Waals surface area contributed by atoms with E-state index in [1.165, 1.54) is 0 Å². The highest BCUT2D eigenvalue weighted by Gasteiger charge is 2.24. The van der Waals surface area contributed by atoms with Crippen LogP contribution in [0.4, 0.5) is 0 Å². The van der Waals surface area contributed by atoms with E-state index in [1.807, 2.05) is 13.8 Å². The number of carboxylic acid groups (broad SMARTS) is 1. The van der Waals surface area contributed by atoms with Gasteiger partial charge >= 0.3 is 5.97 Å². The summed E-state index contributed by atoms with van der Waals surface area (Å²) in [5.74, 6) is -2.40. The third kappa shape index (κ3) is 6.52. The van der Waals surface area contributed by atoms with Crippen LogP contribution in [0, 0.1) is 5.92 Å². The van der Waals surface area contributed by atoms with E-state index in [4.69, 9.17) is 16.6 Å². The van der Waals surface area contributed by atoms with Gasteiger partial charge in [-0.05, 0) is 12.3 Å². The Morgan fingerprint density at radius 1 is 1.29 bits per heavy atom. The van der Waals surface area contributed by atoms with Crippen LogP contribution >= 0.6 is 0 Å². The van der Waals surface area contributed by atoms with Crippen molar-refractivity contribution in [3.8, 4) is 0 Å². The lowest BCUT2D eigenvalue weighted by Crippen LogP contribution is -2.49. The molecule has 2 atom stereocenters. The second kappa shape index (κ2) is 6.85. The van der Waals surface area contributed by atoms with E-state index in [9.17, 15) is 14.4 Å². The first-order valence-electron chi connectivity index (χ1n) is 5.31. The molecule has 17 heavy (non-hydrogen) atoms.